The number of nitrogens with zero attached hydrogens (tertiary/aromatic N) is 3. The summed E-state index contributed by atoms with van der Waals surface area (Å²) < 4.78 is 60.2. The van der Waals surface area contributed by atoms with Crippen LogP contribution in [0.15, 0.2) is 59.6 Å². The Bertz CT molecular complexity index is 2010. The van der Waals surface area contributed by atoms with Crippen molar-refractivity contribution in [3.63, 3.8) is 0 Å². The van der Waals surface area contributed by atoms with Gasteiger partial charge in [-0.3, -0.25) is 14.4 Å². The van der Waals surface area contributed by atoms with Gasteiger partial charge in [0.1, 0.15) is 28.7 Å². The average Bonchev–Trinajstić information content (AvgIpc) is 3.48. The standard InChI is InChI=1S/C33H32ClF2N5O6S/c1-47-21-3-5-22(6-4-21)48(45,46)18-28(42)33-11-8-32(9-12-33,10-13-33)19-38-31(44)27-15-26(40-29-25(36)17-39-41(27)29)30(43)37-16-20-2-7-24(35)23(34)14-20/h2-7,14-15,17H,8-13,16,18-19H2,1H3,(H,37,43)(H,38,44). The maximum atomic E-state index is 14.6. The molecule has 15 heteroatoms. The lowest BCUT2D eigenvalue weighted by atomic mass is 9.52. The third-order valence-electron chi connectivity index (χ3n) is 9.69. The quantitative estimate of drug-likeness (QED) is 0.229. The fourth-order valence-corrected chi connectivity index (χ4v) is 8.21. The molecule has 2 heterocycles. The number of rotatable bonds is 11. The Hall–Kier alpha value is -4.43. The SMILES string of the molecule is COc1ccc(S(=O)(=O)CC(=O)C23CCC(CNC(=O)c4cc(C(=O)NCc5ccc(F)c(Cl)c5)nc5c(F)cnn45)(CC2)CC3)cc1. The van der Waals surface area contributed by atoms with Crippen molar-refractivity contribution in [2.75, 3.05) is 19.4 Å². The fourth-order valence-electron chi connectivity index (χ4n) is 6.63. The third kappa shape index (κ3) is 6.50. The lowest BCUT2D eigenvalue weighted by Gasteiger charge is -2.52. The van der Waals surface area contributed by atoms with Gasteiger partial charge in [0.2, 0.25) is 0 Å². The smallest absolute Gasteiger partial charge is 0.270 e. The molecule has 252 valence electrons. The molecule has 11 nitrogen and oxygen atoms in total. The van der Waals surface area contributed by atoms with Gasteiger partial charge >= 0.3 is 0 Å². The topological polar surface area (TPSA) is 149 Å². The summed E-state index contributed by atoms with van der Waals surface area (Å²) in [5, 5.41) is 9.34. The lowest BCUT2D eigenvalue weighted by Crippen LogP contribution is -2.51. The van der Waals surface area contributed by atoms with E-state index in [2.05, 4.69) is 20.7 Å². The molecule has 2 bridgehead atoms. The van der Waals surface area contributed by atoms with Crippen LogP contribution in [0.1, 0.15) is 65.1 Å². The summed E-state index contributed by atoms with van der Waals surface area (Å²) >= 11 is 5.82. The maximum Gasteiger partial charge on any atom is 0.270 e. The number of hydrogen-bond acceptors (Lipinski definition) is 8. The van der Waals surface area contributed by atoms with E-state index in [1.165, 1.54) is 43.5 Å². The second-order valence-electron chi connectivity index (χ2n) is 12.5. The van der Waals surface area contributed by atoms with Crippen LogP contribution in [0.2, 0.25) is 5.02 Å². The summed E-state index contributed by atoms with van der Waals surface area (Å²) in [5.41, 5.74) is -1.13. The average molecular weight is 700 g/mol. The molecule has 0 radical (unpaired) electrons. The van der Waals surface area contributed by atoms with Crippen molar-refractivity contribution >= 4 is 44.7 Å². The second kappa shape index (κ2) is 12.9. The van der Waals surface area contributed by atoms with Gasteiger partial charge in [-0.25, -0.2) is 26.7 Å². The first-order valence-corrected chi connectivity index (χ1v) is 17.3. The summed E-state index contributed by atoms with van der Waals surface area (Å²) in [4.78, 5) is 44.0. The summed E-state index contributed by atoms with van der Waals surface area (Å²) in [6.45, 7) is 0.246. The van der Waals surface area contributed by atoms with Gasteiger partial charge in [-0.1, -0.05) is 17.7 Å². The van der Waals surface area contributed by atoms with Gasteiger partial charge in [0, 0.05) is 24.6 Å². The molecule has 3 fully saturated rings. The number of Topliss-reactive ketones (excluding diaryl/α,β-unsaturated/α-hetero) is 1. The summed E-state index contributed by atoms with van der Waals surface area (Å²) in [7, 11) is -2.35. The number of benzene rings is 2. The number of hydrogen-bond donors (Lipinski definition) is 2. The van der Waals surface area contributed by atoms with Crippen LogP contribution in [0.3, 0.4) is 0 Å². The zero-order chi connectivity index (χ0) is 34.3. The highest BCUT2D eigenvalue weighted by Gasteiger charge is 2.52. The van der Waals surface area contributed by atoms with Gasteiger partial charge in [0.25, 0.3) is 11.8 Å². The highest BCUT2D eigenvalue weighted by atomic mass is 35.5. The molecule has 2 N–H and O–H groups in total. The largest absolute Gasteiger partial charge is 0.497 e. The van der Waals surface area contributed by atoms with Crippen molar-refractivity contribution in [2.45, 2.75) is 50.0 Å². The van der Waals surface area contributed by atoms with Crippen LogP contribution in [0.4, 0.5) is 8.78 Å². The van der Waals surface area contributed by atoms with E-state index in [0.717, 1.165) is 10.7 Å². The Morgan fingerprint density at radius 3 is 2.27 bits per heavy atom. The summed E-state index contributed by atoms with van der Waals surface area (Å²) in [6, 6.07) is 11.2. The maximum absolute atomic E-state index is 14.6. The van der Waals surface area contributed by atoms with Gasteiger partial charge < -0.3 is 15.4 Å². The Kier molecular flexibility index (Phi) is 8.98. The van der Waals surface area contributed by atoms with E-state index < -0.39 is 44.5 Å². The summed E-state index contributed by atoms with van der Waals surface area (Å²) in [6.07, 6.45) is 4.27. The fraction of sp³-hybridized carbons (Fsp3) is 0.364. The number of nitrogens with one attached hydrogen (secondary N) is 2. The number of halogens is 3. The molecule has 48 heavy (non-hydrogen) atoms. The number of carbonyl (C=O) groups excluding carboxylic acids is 3. The Labute approximate surface area is 279 Å². The number of aromatic nitrogens is 3. The molecular weight excluding hydrogens is 668 g/mol. The van der Waals surface area contributed by atoms with E-state index >= 15 is 0 Å². The molecule has 2 amide bonds. The molecule has 0 aliphatic heterocycles. The van der Waals surface area contributed by atoms with E-state index in [-0.39, 0.29) is 51.2 Å². The van der Waals surface area contributed by atoms with Crippen molar-refractivity contribution in [1.29, 1.82) is 0 Å². The predicted octanol–water partition coefficient (Wildman–Crippen LogP) is 4.71. The molecule has 0 atom stereocenters. The van der Waals surface area contributed by atoms with Crippen molar-refractivity contribution in [3.8, 4) is 5.75 Å². The minimum absolute atomic E-state index is 0.0190. The van der Waals surface area contributed by atoms with E-state index in [1.807, 2.05) is 0 Å². The Morgan fingerprint density at radius 1 is 0.938 bits per heavy atom. The molecule has 7 rings (SSSR count). The predicted molar refractivity (Wildman–Crippen MR) is 170 cm³/mol. The Morgan fingerprint density at radius 2 is 1.62 bits per heavy atom. The molecule has 0 saturated heterocycles. The van der Waals surface area contributed by atoms with Crippen LogP contribution in [-0.2, 0) is 21.2 Å². The van der Waals surface area contributed by atoms with E-state index in [4.69, 9.17) is 16.3 Å². The molecule has 3 aliphatic carbocycles. The molecule has 4 aromatic rings. The van der Waals surface area contributed by atoms with E-state index in [0.29, 0.717) is 49.8 Å². The monoisotopic (exact) mass is 699 g/mol. The minimum atomic E-state index is -3.83. The van der Waals surface area contributed by atoms with Gasteiger partial charge in [-0.2, -0.15) is 5.10 Å². The number of ether oxygens (including phenoxy) is 1. The first kappa shape index (κ1) is 33.5. The van der Waals surface area contributed by atoms with Crippen LogP contribution in [0.25, 0.3) is 5.65 Å². The van der Waals surface area contributed by atoms with Crippen molar-refractivity contribution in [1.82, 2.24) is 25.2 Å². The van der Waals surface area contributed by atoms with Crippen molar-refractivity contribution < 1.29 is 36.3 Å². The van der Waals surface area contributed by atoms with Crippen LogP contribution >= 0.6 is 11.6 Å². The Balaban J connectivity index is 1.10. The third-order valence-corrected chi connectivity index (χ3v) is 11.6. The number of sulfone groups is 1. The van der Waals surface area contributed by atoms with Crippen molar-refractivity contribution in [2.24, 2.45) is 10.8 Å². The van der Waals surface area contributed by atoms with Crippen LogP contribution in [0.5, 0.6) is 5.75 Å². The van der Waals surface area contributed by atoms with Crippen molar-refractivity contribution in [3.05, 3.63) is 88.3 Å². The molecular formula is C33H32ClF2N5O6S. The zero-order valence-electron chi connectivity index (χ0n) is 25.9. The van der Waals surface area contributed by atoms with Crippen LogP contribution < -0.4 is 15.4 Å². The highest BCUT2D eigenvalue weighted by molar-refractivity contribution is 7.92. The highest BCUT2D eigenvalue weighted by Crippen LogP contribution is 2.57. The molecule has 0 unspecified atom stereocenters. The molecule has 2 aromatic heterocycles. The normalized spacial score (nSPS) is 20.4. The number of carbonyl (C=O) groups is 3. The summed E-state index contributed by atoms with van der Waals surface area (Å²) in [5.74, 6) is -3.06. The molecule has 3 saturated carbocycles. The number of methoxy groups -OCH3 is 1. The van der Waals surface area contributed by atoms with Crippen LogP contribution in [-0.4, -0.2) is 60.0 Å². The zero-order valence-corrected chi connectivity index (χ0v) is 27.5. The molecule has 3 aliphatic rings. The van der Waals surface area contributed by atoms with E-state index in [9.17, 15) is 31.6 Å². The first-order chi connectivity index (χ1) is 22.8. The lowest BCUT2D eigenvalue weighted by molar-refractivity contribution is -0.135. The second-order valence-corrected chi connectivity index (χ2v) is 14.9. The van der Waals surface area contributed by atoms with Gasteiger partial charge in [-0.15, -0.1) is 0 Å². The molecule has 0 spiro atoms. The van der Waals surface area contributed by atoms with Gasteiger partial charge in [-0.05, 0) is 85.9 Å². The molecule has 2 aromatic carbocycles. The van der Waals surface area contributed by atoms with E-state index in [1.54, 1.807) is 12.1 Å². The number of ketones is 1. The number of fused-ring (bicyclic) bond motifs is 4. The minimum Gasteiger partial charge on any atom is -0.497 e. The van der Waals surface area contributed by atoms with Gasteiger partial charge in [0.15, 0.2) is 27.1 Å². The first-order valence-electron chi connectivity index (χ1n) is 15.3. The number of amides is 2. The van der Waals surface area contributed by atoms with Crippen LogP contribution in [0, 0.1) is 22.5 Å². The van der Waals surface area contributed by atoms with Gasteiger partial charge in [0.05, 0.1) is 23.2 Å².